The van der Waals surface area contributed by atoms with Crippen LogP contribution in [0.5, 0.6) is 11.5 Å². The molecule has 2 N–H and O–H groups in total. The Balaban J connectivity index is 1.82. The zero-order valence-electron chi connectivity index (χ0n) is 15.2. The normalized spacial score (nSPS) is 14.4. The van der Waals surface area contributed by atoms with Gasteiger partial charge in [-0.25, -0.2) is 9.97 Å². The van der Waals surface area contributed by atoms with Gasteiger partial charge >= 0.3 is 0 Å². The van der Waals surface area contributed by atoms with E-state index < -0.39 is 0 Å². The summed E-state index contributed by atoms with van der Waals surface area (Å²) in [6.07, 6.45) is 1.67. The highest BCUT2D eigenvalue weighted by Gasteiger charge is 2.19. The fraction of sp³-hybridized carbons (Fsp3) is 0.333. The summed E-state index contributed by atoms with van der Waals surface area (Å²) in [4.78, 5) is 19.9. The maximum atomic E-state index is 5.87. The van der Waals surface area contributed by atoms with Crippen molar-refractivity contribution in [1.82, 2.24) is 19.9 Å². The topological polar surface area (TPSA) is 109 Å². The van der Waals surface area contributed by atoms with Crippen molar-refractivity contribution in [3.8, 4) is 22.8 Å². The molecule has 140 valence electrons. The van der Waals surface area contributed by atoms with Crippen molar-refractivity contribution in [2.45, 2.75) is 0 Å². The SMILES string of the molecule is COc1ccc(-c2cnc3nc(N)nc(N4CCOCC4)c3n2)cc1OC. The lowest BCUT2D eigenvalue weighted by Crippen LogP contribution is -2.37. The summed E-state index contributed by atoms with van der Waals surface area (Å²) in [6, 6.07) is 5.60. The Labute approximate surface area is 156 Å². The van der Waals surface area contributed by atoms with E-state index in [1.807, 2.05) is 18.2 Å². The van der Waals surface area contributed by atoms with Gasteiger partial charge in [-0.2, -0.15) is 9.97 Å². The number of anilines is 2. The molecule has 3 heterocycles. The molecule has 1 fully saturated rings. The zero-order valence-corrected chi connectivity index (χ0v) is 15.2. The van der Waals surface area contributed by atoms with Crippen LogP contribution in [0.25, 0.3) is 22.4 Å². The molecule has 1 aliphatic heterocycles. The molecule has 0 radical (unpaired) electrons. The van der Waals surface area contributed by atoms with E-state index in [2.05, 4.69) is 19.9 Å². The largest absolute Gasteiger partial charge is 0.493 e. The van der Waals surface area contributed by atoms with Crippen LogP contribution in [0.3, 0.4) is 0 Å². The zero-order chi connectivity index (χ0) is 18.8. The summed E-state index contributed by atoms with van der Waals surface area (Å²) in [6.45, 7) is 2.70. The minimum Gasteiger partial charge on any atom is -0.493 e. The fourth-order valence-corrected chi connectivity index (χ4v) is 3.04. The molecule has 0 amide bonds. The maximum Gasteiger partial charge on any atom is 0.224 e. The van der Waals surface area contributed by atoms with Gasteiger partial charge in [-0.1, -0.05) is 0 Å². The van der Waals surface area contributed by atoms with Gasteiger partial charge in [-0.15, -0.1) is 0 Å². The van der Waals surface area contributed by atoms with Crippen molar-refractivity contribution < 1.29 is 14.2 Å². The summed E-state index contributed by atoms with van der Waals surface area (Å²) in [5.74, 6) is 2.13. The number of hydrogen-bond acceptors (Lipinski definition) is 9. The van der Waals surface area contributed by atoms with Crippen molar-refractivity contribution in [3.63, 3.8) is 0 Å². The molecule has 1 saturated heterocycles. The van der Waals surface area contributed by atoms with Crippen LogP contribution < -0.4 is 20.1 Å². The van der Waals surface area contributed by atoms with E-state index in [1.54, 1.807) is 20.4 Å². The molecule has 0 atom stereocenters. The van der Waals surface area contributed by atoms with Crippen LogP contribution in [0, 0.1) is 0 Å². The van der Waals surface area contributed by atoms with E-state index >= 15 is 0 Å². The Hall–Kier alpha value is -3.20. The van der Waals surface area contributed by atoms with Gasteiger partial charge in [-0.3, -0.25) is 0 Å². The Morgan fingerprint density at radius 2 is 1.81 bits per heavy atom. The van der Waals surface area contributed by atoms with Crippen molar-refractivity contribution in [3.05, 3.63) is 24.4 Å². The summed E-state index contributed by atoms with van der Waals surface area (Å²) >= 11 is 0. The average molecular weight is 368 g/mol. The van der Waals surface area contributed by atoms with E-state index in [0.717, 1.165) is 5.56 Å². The first-order chi connectivity index (χ1) is 13.2. The van der Waals surface area contributed by atoms with Crippen molar-refractivity contribution >= 4 is 22.9 Å². The van der Waals surface area contributed by atoms with Gasteiger partial charge < -0.3 is 24.8 Å². The van der Waals surface area contributed by atoms with E-state index in [0.29, 0.717) is 60.5 Å². The first-order valence-corrected chi connectivity index (χ1v) is 8.55. The monoisotopic (exact) mass is 368 g/mol. The van der Waals surface area contributed by atoms with Gasteiger partial charge in [0.1, 0.15) is 0 Å². The summed E-state index contributed by atoms with van der Waals surface area (Å²) in [5, 5.41) is 0. The highest BCUT2D eigenvalue weighted by molar-refractivity contribution is 5.85. The molecule has 3 aromatic rings. The maximum absolute atomic E-state index is 5.87. The van der Waals surface area contributed by atoms with Gasteiger partial charge in [0.25, 0.3) is 0 Å². The van der Waals surface area contributed by atoms with Gasteiger partial charge in [0, 0.05) is 18.7 Å². The van der Waals surface area contributed by atoms with Crippen LogP contribution in [0.15, 0.2) is 24.4 Å². The number of nitrogens with zero attached hydrogens (tertiary/aromatic N) is 5. The first kappa shape index (κ1) is 17.2. The number of nitrogen functional groups attached to an aromatic ring is 1. The van der Waals surface area contributed by atoms with Gasteiger partial charge in [-0.05, 0) is 18.2 Å². The highest BCUT2D eigenvalue weighted by atomic mass is 16.5. The molecule has 0 spiro atoms. The quantitative estimate of drug-likeness (QED) is 0.733. The molecule has 9 nitrogen and oxygen atoms in total. The van der Waals surface area contributed by atoms with Crippen molar-refractivity contribution in [1.29, 1.82) is 0 Å². The van der Waals surface area contributed by atoms with Crippen LogP contribution in [0.1, 0.15) is 0 Å². The number of benzene rings is 1. The number of morpholine rings is 1. The van der Waals surface area contributed by atoms with Crippen LogP contribution in [0.4, 0.5) is 11.8 Å². The van der Waals surface area contributed by atoms with Gasteiger partial charge in [0.05, 0.1) is 39.3 Å². The molecule has 0 aliphatic carbocycles. The Morgan fingerprint density at radius 1 is 1.04 bits per heavy atom. The molecule has 2 aromatic heterocycles. The predicted molar refractivity (Wildman–Crippen MR) is 101 cm³/mol. The number of ether oxygens (including phenoxy) is 3. The fourth-order valence-electron chi connectivity index (χ4n) is 3.04. The molecule has 0 saturated carbocycles. The summed E-state index contributed by atoms with van der Waals surface area (Å²) < 4.78 is 16.1. The molecular formula is C18H20N6O3. The van der Waals surface area contributed by atoms with Crippen LogP contribution >= 0.6 is 0 Å². The standard InChI is InChI=1S/C18H20N6O3/c1-25-13-4-3-11(9-14(13)26-2)12-10-20-16-15(21-12)17(23-18(19)22-16)24-5-7-27-8-6-24/h3-4,9-10H,5-8H2,1-2H3,(H2,19,20,22,23). The second-order valence-corrected chi connectivity index (χ2v) is 6.00. The highest BCUT2D eigenvalue weighted by Crippen LogP contribution is 2.32. The second-order valence-electron chi connectivity index (χ2n) is 6.00. The van der Waals surface area contributed by atoms with Crippen LogP contribution in [0.2, 0.25) is 0 Å². The molecular weight excluding hydrogens is 348 g/mol. The number of nitrogens with two attached hydrogens (primary N) is 1. The molecule has 1 aliphatic rings. The third kappa shape index (κ3) is 3.28. The average Bonchev–Trinajstić information content (AvgIpc) is 2.73. The molecule has 0 bridgehead atoms. The third-order valence-corrected chi connectivity index (χ3v) is 4.40. The minimum atomic E-state index is 0.178. The molecule has 27 heavy (non-hydrogen) atoms. The van der Waals surface area contributed by atoms with Gasteiger partial charge in [0.15, 0.2) is 28.5 Å². The first-order valence-electron chi connectivity index (χ1n) is 8.55. The van der Waals surface area contributed by atoms with Crippen LogP contribution in [-0.2, 0) is 4.74 Å². The predicted octanol–water partition coefficient (Wildman–Crippen LogP) is 1.52. The lowest BCUT2D eigenvalue weighted by atomic mass is 10.1. The number of aromatic nitrogens is 4. The van der Waals surface area contributed by atoms with Crippen molar-refractivity contribution in [2.24, 2.45) is 0 Å². The van der Waals surface area contributed by atoms with Crippen molar-refractivity contribution in [2.75, 3.05) is 51.2 Å². The van der Waals surface area contributed by atoms with E-state index in [-0.39, 0.29) is 5.95 Å². The molecule has 9 heteroatoms. The third-order valence-electron chi connectivity index (χ3n) is 4.40. The van der Waals surface area contributed by atoms with E-state index in [4.69, 9.17) is 24.9 Å². The Bertz CT molecular complexity index is 975. The Kier molecular flexibility index (Phi) is 4.59. The van der Waals surface area contributed by atoms with E-state index in [9.17, 15) is 0 Å². The lowest BCUT2D eigenvalue weighted by molar-refractivity contribution is 0.122. The molecule has 1 aromatic carbocycles. The van der Waals surface area contributed by atoms with Gasteiger partial charge in [0.2, 0.25) is 5.95 Å². The van der Waals surface area contributed by atoms with Crippen LogP contribution in [-0.4, -0.2) is 60.5 Å². The Morgan fingerprint density at radius 3 is 2.56 bits per heavy atom. The number of hydrogen-bond donors (Lipinski definition) is 1. The molecule has 0 unspecified atom stereocenters. The summed E-state index contributed by atoms with van der Waals surface area (Å²) in [5.41, 5.74) is 8.49. The smallest absolute Gasteiger partial charge is 0.224 e. The number of fused-ring (bicyclic) bond motifs is 1. The summed E-state index contributed by atoms with van der Waals surface area (Å²) in [7, 11) is 3.20. The second kappa shape index (κ2) is 7.20. The number of methoxy groups -OCH3 is 2. The minimum absolute atomic E-state index is 0.178. The lowest BCUT2D eigenvalue weighted by Gasteiger charge is -2.28. The number of rotatable bonds is 4. The van der Waals surface area contributed by atoms with E-state index in [1.165, 1.54) is 0 Å². The molecule has 4 rings (SSSR count).